The molecule has 0 unspecified atom stereocenters. The van der Waals surface area contributed by atoms with Gasteiger partial charge in [0.15, 0.2) is 4.77 Å². The number of fused-ring (bicyclic) bond motifs is 1. The third-order valence-corrected chi connectivity index (χ3v) is 1.92. The van der Waals surface area contributed by atoms with Crippen LogP contribution in [0.4, 0.5) is 5.69 Å². The Morgan fingerprint density at radius 1 is 1.19 bits per heavy atom. The molecule has 0 spiro atoms. The SMILES string of the molecule is CC.CN.[2HH].[B]c1cc2[nH]c(=S)[nH]c2cc1N. The predicted octanol–water partition coefficient (Wildman–Crippen LogP) is 1.45. The van der Waals surface area contributed by atoms with E-state index in [1.54, 1.807) is 12.1 Å². The van der Waals surface area contributed by atoms with Gasteiger partial charge >= 0.3 is 0 Å². The molecular formula is C10H19BN4S. The molecule has 1 aromatic carbocycles. The highest BCUT2D eigenvalue weighted by Crippen LogP contribution is 2.10. The summed E-state index contributed by atoms with van der Waals surface area (Å²) in [4.78, 5) is 5.90. The second kappa shape index (κ2) is 7.08. The number of nitrogen functional groups attached to an aromatic ring is 1. The highest BCUT2D eigenvalue weighted by molar-refractivity contribution is 7.71. The summed E-state index contributed by atoms with van der Waals surface area (Å²) in [6.07, 6.45) is 0. The molecule has 4 nitrogen and oxygen atoms in total. The molecule has 6 heteroatoms. The zero-order chi connectivity index (χ0) is 12.7. The average molecular weight is 239 g/mol. The van der Waals surface area contributed by atoms with Crippen LogP contribution in [0.5, 0.6) is 0 Å². The Balaban J connectivity index is 0. The van der Waals surface area contributed by atoms with Crippen molar-refractivity contribution in [3.8, 4) is 0 Å². The maximum Gasteiger partial charge on any atom is 0.175 e. The van der Waals surface area contributed by atoms with E-state index in [4.69, 9.17) is 25.8 Å². The summed E-state index contributed by atoms with van der Waals surface area (Å²) in [5.41, 5.74) is 13.0. The highest BCUT2D eigenvalue weighted by atomic mass is 32.1. The molecule has 0 saturated carbocycles. The largest absolute Gasteiger partial charge is 0.399 e. The lowest BCUT2D eigenvalue weighted by Crippen LogP contribution is -2.08. The molecule has 6 N–H and O–H groups in total. The van der Waals surface area contributed by atoms with Crippen LogP contribution in [0.1, 0.15) is 15.3 Å². The minimum atomic E-state index is 0. The Labute approximate surface area is 103 Å². The molecule has 1 heterocycles. The molecule has 0 aliphatic heterocycles. The van der Waals surface area contributed by atoms with Gasteiger partial charge in [-0.1, -0.05) is 19.3 Å². The van der Waals surface area contributed by atoms with Crippen LogP contribution in [-0.2, 0) is 0 Å². The lowest BCUT2D eigenvalue weighted by molar-refractivity contribution is 1.30. The number of aromatic nitrogens is 2. The quantitative estimate of drug-likeness (QED) is 0.319. The molecule has 0 bridgehead atoms. The lowest BCUT2D eigenvalue weighted by Gasteiger charge is -1.98. The fourth-order valence-corrected chi connectivity index (χ4v) is 1.34. The molecule has 0 aliphatic rings. The Hall–Kier alpha value is -1.27. The van der Waals surface area contributed by atoms with Gasteiger partial charge in [-0.05, 0) is 31.4 Å². The maximum absolute atomic E-state index is 5.60. The van der Waals surface area contributed by atoms with Crippen molar-refractivity contribution in [2.45, 2.75) is 13.8 Å². The zero-order valence-corrected chi connectivity index (χ0v) is 10.6. The van der Waals surface area contributed by atoms with Crippen LogP contribution in [-0.4, -0.2) is 24.9 Å². The van der Waals surface area contributed by atoms with Crippen molar-refractivity contribution in [2.75, 3.05) is 12.8 Å². The van der Waals surface area contributed by atoms with Crippen LogP contribution in [0.15, 0.2) is 12.1 Å². The second-order valence-electron chi connectivity index (χ2n) is 2.61. The maximum atomic E-state index is 5.60. The van der Waals surface area contributed by atoms with Crippen LogP contribution < -0.4 is 16.9 Å². The molecule has 0 saturated heterocycles. The van der Waals surface area contributed by atoms with E-state index in [0.29, 0.717) is 15.9 Å². The number of H-pyrrole nitrogens is 2. The number of hydrogen-bond donors (Lipinski definition) is 4. The Kier molecular flexibility index (Phi) is 6.52. The van der Waals surface area contributed by atoms with Crippen molar-refractivity contribution < 1.29 is 1.43 Å². The third kappa shape index (κ3) is 3.39. The summed E-state index contributed by atoms with van der Waals surface area (Å²) in [5.74, 6) is 0. The molecule has 0 atom stereocenters. The summed E-state index contributed by atoms with van der Waals surface area (Å²) in [7, 11) is 7.10. The summed E-state index contributed by atoms with van der Waals surface area (Å²) >= 11 is 4.91. The van der Waals surface area contributed by atoms with Crippen LogP contribution in [0.3, 0.4) is 0 Å². The van der Waals surface area contributed by atoms with Crippen molar-refractivity contribution in [1.82, 2.24) is 9.97 Å². The molecule has 0 fully saturated rings. The topological polar surface area (TPSA) is 83.6 Å². The summed E-state index contributed by atoms with van der Waals surface area (Å²) in [6, 6.07) is 3.52. The van der Waals surface area contributed by atoms with Gasteiger partial charge in [-0.25, -0.2) is 0 Å². The van der Waals surface area contributed by atoms with Crippen LogP contribution in [0.2, 0.25) is 0 Å². The summed E-state index contributed by atoms with van der Waals surface area (Å²) in [5, 5.41) is 0. The molecular weight excluding hydrogens is 219 g/mol. The smallest absolute Gasteiger partial charge is 0.175 e. The molecule has 1 aromatic heterocycles. The number of rotatable bonds is 0. The van der Waals surface area contributed by atoms with Gasteiger partial charge in [-0.15, -0.1) is 0 Å². The lowest BCUT2D eigenvalue weighted by atomic mass is 9.94. The molecule has 2 radical (unpaired) electrons. The van der Waals surface area contributed by atoms with E-state index in [9.17, 15) is 0 Å². The molecule has 16 heavy (non-hydrogen) atoms. The van der Waals surface area contributed by atoms with E-state index < -0.39 is 0 Å². The fraction of sp³-hybridized carbons (Fsp3) is 0.300. The number of benzene rings is 1. The Morgan fingerprint density at radius 3 is 2.12 bits per heavy atom. The number of hydrogen-bond acceptors (Lipinski definition) is 3. The van der Waals surface area contributed by atoms with E-state index in [1.165, 1.54) is 7.05 Å². The minimum Gasteiger partial charge on any atom is -0.399 e. The van der Waals surface area contributed by atoms with Crippen molar-refractivity contribution in [2.24, 2.45) is 5.73 Å². The molecule has 2 rings (SSSR count). The summed E-state index contributed by atoms with van der Waals surface area (Å²) in [6.45, 7) is 4.00. The van der Waals surface area contributed by atoms with Crippen molar-refractivity contribution >= 4 is 42.2 Å². The van der Waals surface area contributed by atoms with Gasteiger partial charge in [0.25, 0.3) is 0 Å². The monoisotopic (exact) mass is 239 g/mol. The number of anilines is 1. The van der Waals surface area contributed by atoms with Crippen LogP contribution in [0, 0.1) is 4.77 Å². The third-order valence-electron chi connectivity index (χ3n) is 1.72. The minimum absolute atomic E-state index is 0. The average Bonchev–Trinajstić information content (AvgIpc) is 2.64. The van der Waals surface area contributed by atoms with Crippen LogP contribution in [0.25, 0.3) is 11.0 Å². The zero-order valence-electron chi connectivity index (χ0n) is 9.79. The number of imidazole rings is 1. The first kappa shape index (κ1) is 14.7. The first-order chi connectivity index (χ1) is 7.66. The van der Waals surface area contributed by atoms with Gasteiger partial charge in [-0.2, -0.15) is 0 Å². The normalized spacial score (nSPS) is 8.75. The number of nitrogens with two attached hydrogens (primary N) is 2. The Morgan fingerprint density at radius 2 is 1.62 bits per heavy atom. The number of nitrogens with one attached hydrogen (secondary N) is 2. The number of aromatic amines is 2. The van der Waals surface area contributed by atoms with Crippen molar-refractivity contribution in [1.29, 1.82) is 0 Å². The van der Waals surface area contributed by atoms with Gasteiger partial charge in [0.2, 0.25) is 0 Å². The molecule has 2 aromatic rings. The standard InChI is InChI=1S/C7H6BN3S.C2H6.CH5N.H2/c8-3-1-5-6(2-4(3)9)11-7(12)10-5;2*1-2;/h1-2H,9H2,(H2,10,11,12);1-2H3;2H2,1H3;1H/i;;;1+1. The summed E-state index contributed by atoms with van der Waals surface area (Å²) < 4.78 is 0.579. The first-order valence-electron chi connectivity index (χ1n) is 5.01. The van der Waals surface area contributed by atoms with E-state index in [0.717, 1.165) is 11.0 Å². The molecule has 88 valence electrons. The van der Waals surface area contributed by atoms with Gasteiger partial charge < -0.3 is 21.4 Å². The predicted molar refractivity (Wildman–Crippen MR) is 76.9 cm³/mol. The van der Waals surface area contributed by atoms with Gasteiger partial charge in [-0.3, -0.25) is 0 Å². The fourth-order valence-electron chi connectivity index (χ4n) is 1.12. The van der Waals surface area contributed by atoms with E-state index >= 15 is 0 Å². The van der Waals surface area contributed by atoms with Gasteiger partial charge in [0.1, 0.15) is 7.85 Å². The van der Waals surface area contributed by atoms with Gasteiger partial charge in [0.05, 0.1) is 11.0 Å². The van der Waals surface area contributed by atoms with E-state index in [-0.39, 0.29) is 1.43 Å². The first-order valence-corrected chi connectivity index (χ1v) is 5.42. The molecule has 0 amide bonds. The van der Waals surface area contributed by atoms with Gasteiger partial charge in [0, 0.05) is 7.11 Å². The second-order valence-corrected chi connectivity index (χ2v) is 3.01. The van der Waals surface area contributed by atoms with E-state index in [2.05, 4.69) is 15.7 Å². The highest BCUT2D eigenvalue weighted by Gasteiger charge is 1.98. The van der Waals surface area contributed by atoms with Crippen molar-refractivity contribution in [3.05, 3.63) is 16.9 Å². The van der Waals surface area contributed by atoms with E-state index in [1.807, 2.05) is 13.8 Å². The molecule has 0 aliphatic carbocycles. The van der Waals surface area contributed by atoms with Crippen molar-refractivity contribution in [3.63, 3.8) is 0 Å². The Bertz CT molecular complexity index is 453. The van der Waals surface area contributed by atoms with Crippen LogP contribution >= 0.6 is 12.2 Å².